The number of aryl methyl sites for hydroxylation is 1. The van der Waals surface area contributed by atoms with Gasteiger partial charge in [0.15, 0.2) is 0 Å². The summed E-state index contributed by atoms with van der Waals surface area (Å²) in [7, 11) is 0. The van der Waals surface area contributed by atoms with Gasteiger partial charge in [0.05, 0.1) is 0 Å². The molecule has 106 valence electrons. The zero-order valence-electron chi connectivity index (χ0n) is 11.7. The number of para-hydroxylation sites is 1. The van der Waals surface area contributed by atoms with Gasteiger partial charge in [0, 0.05) is 24.0 Å². The molecule has 4 heteroatoms. The van der Waals surface area contributed by atoms with Crippen LogP contribution in [-0.2, 0) is 11.2 Å². The number of aromatic amines is 1. The monoisotopic (exact) mass is 272 g/mol. The average Bonchev–Trinajstić information content (AvgIpc) is 2.45. The molecule has 4 nitrogen and oxygen atoms in total. The number of nitrogens with one attached hydrogen (secondary N) is 2. The quantitative estimate of drug-likeness (QED) is 0.793. The average molecular weight is 272 g/mol. The van der Waals surface area contributed by atoms with Crippen molar-refractivity contribution in [3.05, 3.63) is 46.2 Å². The summed E-state index contributed by atoms with van der Waals surface area (Å²) in [5.74, 6) is 0.00556. The summed E-state index contributed by atoms with van der Waals surface area (Å²) in [5.41, 5.74) is 1.38. The van der Waals surface area contributed by atoms with Crippen LogP contribution in [0.25, 0.3) is 10.9 Å². The molecular weight excluding hydrogens is 252 g/mol. The first kappa shape index (κ1) is 14.3. The molecule has 0 saturated heterocycles. The number of H-pyrrole nitrogens is 1. The van der Waals surface area contributed by atoms with E-state index in [0.29, 0.717) is 24.9 Å². The second-order valence-electron chi connectivity index (χ2n) is 4.91. The summed E-state index contributed by atoms with van der Waals surface area (Å²) in [4.78, 5) is 26.4. The third-order valence-corrected chi connectivity index (χ3v) is 3.30. The number of rotatable bonds is 6. The Morgan fingerprint density at radius 1 is 1.30 bits per heavy atom. The van der Waals surface area contributed by atoms with E-state index in [9.17, 15) is 9.59 Å². The number of fused-ring (bicyclic) bond motifs is 1. The number of unbranched alkanes of at least 4 members (excludes halogenated alkanes) is 1. The van der Waals surface area contributed by atoms with Crippen LogP contribution in [-0.4, -0.2) is 17.4 Å². The first-order chi connectivity index (χ1) is 9.70. The number of carbonyl (C=O) groups is 1. The highest BCUT2D eigenvalue weighted by Gasteiger charge is 2.06. The van der Waals surface area contributed by atoms with Gasteiger partial charge in [-0.25, -0.2) is 0 Å². The van der Waals surface area contributed by atoms with E-state index >= 15 is 0 Å². The van der Waals surface area contributed by atoms with Gasteiger partial charge in [0.25, 0.3) is 5.56 Å². The van der Waals surface area contributed by atoms with Gasteiger partial charge in [0.2, 0.25) is 5.91 Å². The Kier molecular flexibility index (Phi) is 4.93. The van der Waals surface area contributed by atoms with Crippen molar-refractivity contribution in [1.29, 1.82) is 0 Å². The van der Waals surface area contributed by atoms with Crippen molar-refractivity contribution >= 4 is 16.8 Å². The zero-order valence-corrected chi connectivity index (χ0v) is 11.7. The van der Waals surface area contributed by atoms with Gasteiger partial charge >= 0.3 is 0 Å². The molecule has 0 atom stereocenters. The Bertz CT molecular complexity index is 646. The fourth-order valence-corrected chi connectivity index (χ4v) is 2.12. The first-order valence-corrected chi connectivity index (χ1v) is 7.08. The number of amides is 1. The molecule has 0 aliphatic heterocycles. The molecule has 0 radical (unpaired) electrons. The number of hydrogen-bond acceptors (Lipinski definition) is 2. The first-order valence-electron chi connectivity index (χ1n) is 7.08. The molecule has 0 fully saturated rings. The topological polar surface area (TPSA) is 62.0 Å². The van der Waals surface area contributed by atoms with Crippen molar-refractivity contribution in [2.75, 3.05) is 6.54 Å². The van der Waals surface area contributed by atoms with E-state index in [1.54, 1.807) is 0 Å². The molecule has 0 saturated carbocycles. The van der Waals surface area contributed by atoms with E-state index in [4.69, 9.17) is 0 Å². The summed E-state index contributed by atoms with van der Waals surface area (Å²) in [6.07, 6.45) is 2.87. The highest BCUT2D eigenvalue weighted by atomic mass is 16.1. The Labute approximate surface area is 118 Å². The van der Waals surface area contributed by atoms with Gasteiger partial charge in [-0.1, -0.05) is 31.5 Å². The number of aromatic nitrogens is 1. The maximum absolute atomic E-state index is 11.9. The zero-order chi connectivity index (χ0) is 14.4. The number of carbonyl (C=O) groups excluding carboxylic acids is 1. The molecule has 20 heavy (non-hydrogen) atoms. The summed E-state index contributed by atoms with van der Waals surface area (Å²) in [6, 6.07) is 9.52. The van der Waals surface area contributed by atoms with Crippen LogP contribution in [0.2, 0.25) is 0 Å². The van der Waals surface area contributed by atoms with E-state index in [1.165, 1.54) is 0 Å². The third kappa shape index (κ3) is 3.70. The van der Waals surface area contributed by atoms with Gasteiger partial charge in [-0.2, -0.15) is 0 Å². The molecule has 2 rings (SSSR count). The van der Waals surface area contributed by atoms with Crippen LogP contribution >= 0.6 is 0 Å². The molecule has 0 bridgehead atoms. The van der Waals surface area contributed by atoms with E-state index in [0.717, 1.165) is 23.7 Å². The predicted octanol–water partition coefficient (Wildman–Crippen LogP) is 2.38. The standard InChI is InChI=1S/C16H20N2O2/c1-2-3-10-17-15(19)9-8-13-11-12-6-4-5-7-14(12)18-16(13)20/h4-7,11H,2-3,8-10H2,1H3,(H,17,19)(H,18,20). The molecule has 0 aliphatic rings. The van der Waals surface area contributed by atoms with Crippen molar-refractivity contribution in [2.24, 2.45) is 0 Å². The largest absolute Gasteiger partial charge is 0.356 e. The lowest BCUT2D eigenvalue weighted by molar-refractivity contribution is -0.121. The van der Waals surface area contributed by atoms with Crippen molar-refractivity contribution in [3.63, 3.8) is 0 Å². The van der Waals surface area contributed by atoms with E-state index in [-0.39, 0.29) is 11.5 Å². The maximum atomic E-state index is 11.9. The van der Waals surface area contributed by atoms with Crippen LogP contribution in [0.5, 0.6) is 0 Å². The van der Waals surface area contributed by atoms with E-state index in [2.05, 4.69) is 17.2 Å². The second-order valence-corrected chi connectivity index (χ2v) is 4.91. The molecule has 0 spiro atoms. The number of hydrogen-bond donors (Lipinski definition) is 2. The Hall–Kier alpha value is -2.10. The molecule has 2 N–H and O–H groups in total. The van der Waals surface area contributed by atoms with Crippen LogP contribution < -0.4 is 10.9 Å². The van der Waals surface area contributed by atoms with Crippen LogP contribution in [0.3, 0.4) is 0 Å². The lowest BCUT2D eigenvalue weighted by Gasteiger charge is -2.05. The minimum absolute atomic E-state index is 0.00556. The third-order valence-electron chi connectivity index (χ3n) is 3.30. The lowest BCUT2D eigenvalue weighted by Crippen LogP contribution is -2.25. The highest BCUT2D eigenvalue weighted by molar-refractivity contribution is 5.79. The molecule has 1 heterocycles. The molecule has 2 aromatic rings. The molecule has 0 aliphatic carbocycles. The Morgan fingerprint density at radius 3 is 2.90 bits per heavy atom. The fourth-order valence-electron chi connectivity index (χ4n) is 2.12. The maximum Gasteiger partial charge on any atom is 0.251 e. The summed E-state index contributed by atoms with van der Waals surface area (Å²) in [6.45, 7) is 2.80. The van der Waals surface area contributed by atoms with Crippen molar-refractivity contribution in [3.8, 4) is 0 Å². The van der Waals surface area contributed by atoms with Gasteiger partial charge in [-0.15, -0.1) is 0 Å². The SMILES string of the molecule is CCCCNC(=O)CCc1cc2ccccc2[nH]c1=O. The number of benzene rings is 1. The normalized spacial score (nSPS) is 10.7. The molecule has 1 aromatic heterocycles. The Balaban J connectivity index is 2.01. The minimum atomic E-state index is -0.106. The summed E-state index contributed by atoms with van der Waals surface area (Å²) >= 11 is 0. The van der Waals surface area contributed by atoms with Gasteiger partial charge in [-0.05, 0) is 30.4 Å². The molecule has 0 unspecified atom stereocenters. The van der Waals surface area contributed by atoms with Gasteiger partial charge in [0.1, 0.15) is 0 Å². The Morgan fingerprint density at radius 2 is 2.10 bits per heavy atom. The van der Waals surface area contributed by atoms with Crippen molar-refractivity contribution in [1.82, 2.24) is 10.3 Å². The van der Waals surface area contributed by atoms with E-state index < -0.39 is 0 Å². The van der Waals surface area contributed by atoms with Crippen LogP contribution in [0, 0.1) is 0 Å². The summed E-state index contributed by atoms with van der Waals surface area (Å²) < 4.78 is 0. The van der Waals surface area contributed by atoms with Crippen molar-refractivity contribution < 1.29 is 4.79 Å². The smallest absolute Gasteiger partial charge is 0.251 e. The molecule has 1 amide bonds. The van der Waals surface area contributed by atoms with Crippen LogP contribution in [0.1, 0.15) is 31.7 Å². The van der Waals surface area contributed by atoms with Crippen molar-refractivity contribution in [2.45, 2.75) is 32.6 Å². The highest BCUT2D eigenvalue weighted by Crippen LogP contribution is 2.10. The summed E-state index contributed by atoms with van der Waals surface area (Å²) in [5, 5.41) is 3.85. The van der Waals surface area contributed by atoms with Gasteiger partial charge in [-0.3, -0.25) is 9.59 Å². The van der Waals surface area contributed by atoms with Crippen LogP contribution in [0.4, 0.5) is 0 Å². The van der Waals surface area contributed by atoms with Gasteiger partial charge < -0.3 is 10.3 Å². The fraction of sp³-hybridized carbons (Fsp3) is 0.375. The lowest BCUT2D eigenvalue weighted by atomic mass is 10.1. The second kappa shape index (κ2) is 6.89. The van der Waals surface area contributed by atoms with E-state index in [1.807, 2.05) is 30.3 Å². The molecular formula is C16H20N2O2. The predicted molar refractivity (Wildman–Crippen MR) is 80.8 cm³/mol. The number of pyridine rings is 1. The minimum Gasteiger partial charge on any atom is -0.356 e. The molecule has 1 aromatic carbocycles. The van der Waals surface area contributed by atoms with Crippen LogP contribution in [0.15, 0.2) is 35.1 Å².